The van der Waals surface area contributed by atoms with Crippen molar-refractivity contribution in [1.29, 1.82) is 0 Å². The largest absolute Gasteiger partial charge is 0.573 e. The highest BCUT2D eigenvalue weighted by atomic mass is 19.4. The van der Waals surface area contributed by atoms with Gasteiger partial charge in [-0.3, -0.25) is 9.59 Å². The fourth-order valence-electron chi connectivity index (χ4n) is 2.57. The number of carbonyl (C=O) groups excluding carboxylic acids is 2. The molecule has 8 heteroatoms. The molecule has 1 aromatic rings. The average Bonchev–Trinajstić information content (AvgIpc) is 2.86. The van der Waals surface area contributed by atoms with E-state index in [-0.39, 0.29) is 36.4 Å². The van der Waals surface area contributed by atoms with Crippen molar-refractivity contribution in [1.82, 2.24) is 10.2 Å². The zero-order valence-corrected chi connectivity index (χ0v) is 14.1. The van der Waals surface area contributed by atoms with Crippen LogP contribution in [0, 0.1) is 11.8 Å². The van der Waals surface area contributed by atoms with Gasteiger partial charge in [-0.15, -0.1) is 13.2 Å². The highest BCUT2D eigenvalue weighted by Gasteiger charge is 2.34. The lowest BCUT2D eigenvalue weighted by molar-refractivity contribution is -0.274. The van der Waals surface area contributed by atoms with Crippen molar-refractivity contribution in [3.05, 3.63) is 29.8 Å². The smallest absolute Gasteiger partial charge is 0.406 e. The molecule has 0 unspecified atom stereocenters. The van der Waals surface area contributed by atoms with E-state index in [1.807, 2.05) is 13.8 Å². The number of hydrogen-bond donors (Lipinski definition) is 1. The number of rotatable bonds is 6. The molecule has 0 aliphatic carbocycles. The van der Waals surface area contributed by atoms with E-state index in [4.69, 9.17) is 0 Å². The topological polar surface area (TPSA) is 58.6 Å². The minimum Gasteiger partial charge on any atom is -0.406 e. The number of ether oxygens (including phenoxy) is 1. The van der Waals surface area contributed by atoms with Crippen molar-refractivity contribution < 1.29 is 27.5 Å². The van der Waals surface area contributed by atoms with E-state index < -0.39 is 6.36 Å². The first kappa shape index (κ1) is 19.1. The van der Waals surface area contributed by atoms with Gasteiger partial charge in [-0.25, -0.2) is 0 Å². The Hall–Kier alpha value is -2.25. The second-order valence-electron chi connectivity index (χ2n) is 6.51. The van der Waals surface area contributed by atoms with Gasteiger partial charge >= 0.3 is 6.36 Å². The van der Waals surface area contributed by atoms with Crippen LogP contribution in [0.5, 0.6) is 5.75 Å². The predicted molar refractivity (Wildman–Crippen MR) is 84.5 cm³/mol. The molecule has 1 aromatic carbocycles. The van der Waals surface area contributed by atoms with Crippen LogP contribution in [0.15, 0.2) is 24.3 Å². The molecule has 1 N–H and O–H groups in total. The maximum atomic E-state index is 12.1. The number of benzene rings is 1. The van der Waals surface area contributed by atoms with E-state index in [1.54, 1.807) is 4.90 Å². The minimum absolute atomic E-state index is 0.139. The molecule has 1 aliphatic rings. The van der Waals surface area contributed by atoms with E-state index in [1.165, 1.54) is 24.3 Å². The maximum Gasteiger partial charge on any atom is 0.573 e. The fourth-order valence-corrected chi connectivity index (χ4v) is 2.57. The van der Waals surface area contributed by atoms with Gasteiger partial charge < -0.3 is 15.0 Å². The fraction of sp³-hybridized carbons (Fsp3) is 0.529. The Morgan fingerprint density at radius 2 is 1.96 bits per heavy atom. The van der Waals surface area contributed by atoms with E-state index in [9.17, 15) is 22.8 Å². The highest BCUT2D eigenvalue weighted by molar-refractivity contribution is 5.89. The van der Waals surface area contributed by atoms with Crippen LogP contribution in [0.25, 0.3) is 0 Å². The molecule has 0 bridgehead atoms. The molecule has 138 valence electrons. The van der Waals surface area contributed by atoms with Gasteiger partial charge in [-0.05, 0) is 23.6 Å². The third-order valence-electron chi connectivity index (χ3n) is 3.80. The summed E-state index contributed by atoms with van der Waals surface area (Å²) in [6.07, 6.45) is -4.58. The Labute approximate surface area is 144 Å². The number of hydrogen-bond acceptors (Lipinski definition) is 3. The first-order chi connectivity index (χ1) is 11.6. The Kier molecular flexibility index (Phi) is 5.92. The third-order valence-corrected chi connectivity index (χ3v) is 3.80. The van der Waals surface area contributed by atoms with E-state index in [2.05, 4.69) is 10.1 Å². The molecule has 25 heavy (non-hydrogen) atoms. The van der Waals surface area contributed by atoms with Crippen molar-refractivity contribution in [3.8, 4) is 5.75 Å². The van der Waals surface area contributed by atoms with Crippen LogP contribution >= 0.6 is 0 Å². The Morgan fingerprint density at radius 1 is 1.32 bits per heavy atom. The first-order valence-corrected chi connectivity index (χ1v) is 8.04. The lowest BCUT2D eigenvalue weighted by Crippen LogP contribution is -2.34. The summed E-state index contributed by atoms with van der Waals surface area (Å²) < 4.78 is 40.2. The average molecular weight is 358 g/mol. The van der Waals surface area contributed by atoms with Crippen LogP contribution in [0.2, 0.25) is 0 Å². The molecular formula is C17H21F3N2O3. The van der Waals surface area contributed by atoms with Crippen LogP contribution in [-0.4, -0.2) is 36.2 Å². The van der Waals surface area contributed by atoms with E-state index >= 15 is 0 Å². The predicted octanol–water partition coefficient (Wildman–Crippen LogP) is 2.71. The third kappa shape index (κ3) is 5.95. The summed E-state index contributed by atoms with van der Waals surface area (Å²) in [5.74, 6) is -0.651. The van der Waals surface area contributed by atoms with Gasteiger partial charge in [0.2, 0.25) is 11.8 Å². The number of amides is 2. The van der Waals surface area contributed by atoms with Crippen molar-refractivity contribution in [2.45, 2.75) is 33.2 Å². The molecule has 2 rings (SSSR count). The molecule has 5 nitrogen and oxygen atoms in total. The molecule has 0 spiro atoms. The number of carbonyl (C=O) groups is 2. The first-order valence-electron chi connectivity index (χ1n) is 8.04. The summed E-state index contributed by atoms with van der Waals surface area (Å²) in [5, 5.41) is 2.82. The quantitative estimate of drug-likeness (QED) is 0.851. The summed E-state index contributed by atoms with van der Waals surface area (Å²) >= 11 is 0. The molecule has 1 heterocycles. The van der Waals surface area contributed by atoms with Crippen LogP contribution < -0.4 is 10.1 Å². The van der Waals surface area contributed by atoms with Gasteiger partial charge in [-0.2, -0.15) is 0 Å². The molecule has 1 aliphatic heterocycles. The second kappa shape index (κ2) is 7.76. The van der Waals surface area contributed by atoms with Gasteiger partial charge in [0.25, 0.3) is 0 Å². The molecule has 0 aromatic heterocycles. The number of nitrogens with one attached hydrogen (secondary N) is 1. The van der Waals surface area contributed by atoms with Crippen molar-refractivity contribution in [2.75, 3.05) is 13.1 Å². The summed E-state index contributed by atoms with van der Waals surface area (Å²) in [7, 11) is 0. The van der Waals surface area contributed by atoms with Crippen LogP contribution in [0.4, 0.5) is 13.2 Å². The molecule has 1 saturated heterocycles. The molecule has 1 fully saturated rings. The zero-order chi connectivity index (χ0) is 18.6. The summed E-state index contributed by atoms with van der Waals surface area (Å²) in [6, 6.07) is 5.35. The van der Waals surface area contributed by atoms with Gasteiger partial charge in [0.15, 0.2) is 0 Å². The van der Waals surface area contributed by atoms with Crippen molar-refractivity contribution in [2.24, 2.45) is 11.8 Å². The van der Waals surface area contributed by atoms with Gasteiger partial charge in [-0.1, -0.05) is 26.0 Å². The number of alkyl halides is 3. The lowest BCUT2D eigenvalue weighted by Gasteiger charge is -2.17. The van der Waals surface area contributed by atoms with E-state index in [0.29, 0.717) is 24.6 Å². The molecule has 0 saturated carbocycles. The number of halogens is 3. The lowest BCUT2D eigenvalue weighted by atomic mass is 10.1. The summed E-state index contributed by atoms with van der Waals surface area (Å²) in [5.41, 5.74) is 0.672. The standard InChI is InChI=1S/C17H21F3N2O3/c1-11(2)8-21-16(24)13-7-15(23)22(10-13)9-12-3-5-14(6-4-12)25-17(18,19)20/h3-6,11,13H,7-10H2,1-2H3,(H,21,24)/t13-/m1/s1. The summed E-state index contributed by atoms with van der Waals surface area (Å²) in [6.45, 7) is 5.09. The van der Waals surface area contributed by atoms with Crippen LogP contribution in [0.3, 0.4) is 0 Å². The highest BCUT2D eigenvalue weighted by Crippen LogP contribution is 2.24. The minimum atomic E-state index is -4.73. The SMILES string of the molecule is CC(C)CNC(=O)[C@@H]1CC(=O)N(Cc2ccc(OC(F)(F)F)cc2)C1. The number of nitrogens with zero attached hydrogens (tertiary/aromatic N) is 1. The van der Waals surface area contributed by atoms with Crippen molar-refractivity contribution in [3.63, 3.8) is 0 Å². The van der Waals surface area contributed by atoms with Crippen molar-refractivity contribution >= 4 is 11.8 Å². The second-order valence-corrected chi connectivity index (χ2v) is 6.51. The zero-order valence-electron chi connectivity index (χ0n) is 14.1. The number of likely N-dealkylation sites (tertiary alicyclic amines) is 1. The van der Waals surface area contributed by atoms with E-state index in [0.717, 1.165) is 0 Å². The Balaban J connectivity index is 1.90. The summed E-state index contributed by atoms with van der Waals surface area (Å²) in [4.78, 5) is 25.7. The van der Waals surface area contributed by atoms with Crippen LogP contribution in [-0.2, 0) is 16.1 Å². The molecular weight excluding hydrogens is 337 g/mol. The molecule has 1 atom stereocenters. The molecule has 0 radical (unpaired) electrons. The molecule has 2 amide bonds. The van der Waals surface area contributed by atoms with Gasteiger partial charge in [0.05, 0.1) is 5.92 Å². The Bertz CT molecular complexity index is 615. The van der Waals surface area contributed by atoms with Gasteiger partial charge in [0.1, 0.15) is 5.75 Å². The maximum absolute atomic E-state index is 12.1. The Morgan fingerprint density at radius 3 is 2.52 bits per heavy atom. The van der Waals surface area contributed by atoms with Crippen LogP contribution in [0.1, 0.15) is 25.8 Å². The monoisotopic (exact) mass is 358 g/mol. The normalized spacial score (nSPS) is 17.9. The van der Waals surface area contributed by atoms with Gasteiger partial charge in [0, 0.05) is 26.1 Å².